The molecule has 0 aliphatic carbocycles. The molecule has 0 radical (unpaired) electrons. The summed E-state index contributed by atoms with van der Waals surface area (Å²) >= 11 is 0. The summed E-state index contributed by atoms with van der Waals surface area (Å²) in [6, 6.07) is 14.7. The zero-order valence-corrected chi connectivity index (χ0v) is 16.3. The van der Waals surface area contributed by atoms with Crippen molar-refractivity contribution < 1.29 is 17.8 Å². The van der Waals surface area contributed by atoms with Crippen molar-refractivity contribution >= 4 is 21.7 Å². The van der Waals surface area contributed by atoms with Crippen molar-refractivity contribution in [2.45, 2.75) is 31.2 Å². The monoisotopic (exact) mass is 399 g/mol. The van der Waals surface area contributed by atoms with Crippen LogP contribution in [-0.4, -0.2) is 18.9 Å². The van der Waals surface area contributed by atoms with Gasteiger partial charge in [0.15, 0.2) is 0 Å². The van der Waals surface area contributed by atoms with E-state index in [1.165, 1.54) is 36.0 Å². The van der Waals surface area contributed by atoms with E-state index in [-0.39, 0.29) is 16.5 Å². The molecule has 1 atom stereocenters. The predicted octanol–water partition coefficient (Wildman–Crippen LogP) is 3.19. The van der Waals surface area contributed by atoms with Gasteiger partial charge in [0.05, 0.1) is 10.9 Å². The maximum Gasteiger partial charge on any atom is 0.294 e. The van der Waals surface area contributed by atoms with Crippen LogP contribution < -0.4 is 10.6 Å². The first-order chi connectivity index (χ1) is 13.2. The highest BCUT2D eigenvalue weighted by Gasteiger charge is 2.14. The molecule has 1 unspecified atom stereocenters. The lowest BCUT2D eigenvalue weighted by Gasteiger charge is -2.14. The van der Waals surface area contributed by atoms with E-state index in [0.717, 1.165) is 12.0 Å². The molecule has 0 saturated carbocycles. The van der Waals surface area contributed by atoms with E-state index in [2.05, 4.69) is 17.6 Å². The van der Waals surface area contributed by atoms with Gasteiger partial charge in [0, 0.05) is 11.9 Å². The maximum atomic E-state index is 12.3. The van der Waals surface area contributed by atoms with Crippen LogP contribution in [0.4, 0.5) is 5.69 Å². The van der Waals surface area contributed by atoms with Crippen molar-refractivity contribution in [3.8, 4) is 6.07 Å². The third-order valence-electron chi connectivity index (χ3n) is 4.14. The van der Waals surface area contributed by atoms with E-state index in [1.54, 1.807) is 0 Å². The van der Waals surface area contributed by atoms with Gasteiger partial charge in [-0.25, -0.2) is 0 Å². The second kappa shape index (κ2) is 9.17. The van der Waals surface area contributed by atoms with Crippen LogP contribution in [0.15, 0.2) is 65.2 Å². The molecule has 2 aromatic carbocycles. The number of benzene rings is 2. The Morgan fingerprint density at radius 1 is 1.18 bits per heavy atom. The van der Waals surface area contributed by atoms with Crippen LogP contribution in [0.5, 0.6) is 0 Å². The van der Waals surface area contributed by atoms with Crippen LogP contribution in [0.1, 0.15) is 31.0 Å². The highest BCUT2D eigenvalue weighted by molar-refractivity contribution is 7.85. The largest absolute Gasteiger partial charge is 0.360 e. The molecule has 2 rings (SSSR count). The Balaban J connectivity index is 2.04. The molecule has 0 aliphatic heterocycles. The van der Waals surface area contributed by atoms with Gasteiger partial charge in [-0.2, -0.15) is 13.7 Å². The van der Waals surface area contributed by atoms with E-state index in [0.29, 0.717) is 5.69 Å². The Labute approximate surface area is 164 Å². The normalized spacial score (nSPS) is 12.7. The van der Waals surface area contributed by atoms with E-state index < -0.39 is 16.0 Å². The molecule has 0 saturated heterocycles. The van der Waals surface area contributed by atoms with E-state index in [1.807, 2.05) is 37.3 Å². The number of carbonyl (C=O) groups excluding carboxylic acids is 1. The molecule has 0 aromatic heterocycles. The van der Waals surface area contributed by atoms with Crippen molar-refractivity contribution in [2.75, 3.05) is 5.32 Å². The zero-order chi connectivity index (χ0) is 20.7. The standard InChI is InChI=1S/C20H21N3O4S/c1-3-15-4-6-16(7-5-15)14(2)23-20(24)17(12-21)13-22-18-8-10-19(11-9-18)28(25,26)27/h4-11,13-14,22H,3H2,1-2H3,(H,23,24)(H,25,26,27)/b17-13-. The number of hydrogen-bond acceptors (Lipinski definition) is 5. The topological polar surface area (TPSA) is 119 Å². The average Bonchev–Trinajstić information content (AvgIpc) is 2.68. The van der Waals surface area contributed by atoms with Gasteiger partial charge in [-0.15, -0.1) is 0 Å². The van der Waals surface area contributed by atoms with Gasteiger partial charge in [-0.3, -0.25) is 9.35 Å². The lowest BCUT2D eigenvalue weighted by molar-refractivity contribution is -0.117. The van der Waals surface area contributed by atoms with Crippen LogP contribution in [0.3, 0.4) is 0 Å². The lowest BCUT2D eigenvalue weighted by Crippen LogP contribution is -2.28. The van der Waals surface area contributed by atoms with Crippen LogP contribution in [0.25, 0.3) is 0 Å². The van der Waals surface area contributed by atoms with Crippen LogP contribution in [-0.2, 0) is 21.3 Å². The Morgan fingerprint density at radius 2 is 1.79 bits per heavy atom. The first-order valence-corrected chi connectivity index (χ1v) is 10.0. The molecule has 28 heavy (non-hydrogen) atoms. The number of nitrogens with zero attached hydrogens (tertiary/aromatic N) is 1. The Morgan fingerprint density at radius 3 is 2.29 bits per heavy atom. The smallest absolute Gasteiger partial charge is 0.294 e. The summed E-state index contributed by atoms with van der Waals surface area (Å²) in [6.07, 6.45) is 2.17. The van der Waals surface area contributed by atoms with Gasteiger partial charge in [-0.05, 0) is 48.7 Å². The maximum absolute atomic E-state index is 12.3. The molecular weight excluding hydrogens is 378 g/mol. The number of aryl methyl sites for hydroxylation is 1. The number of carbonyl (C=O) groups is 1. The minimum atomic E-state index is -4.27. The van der Waals surface area contributed by atoms with E-state index in [9.17, 15) is 18.5 Å². The van der Waals surface area contributed by atoms with Gasteiger partial charge in [0.1, 0.15) is 11.6 Å². The molecule has 2 aromatic rings. The van der Waals surface area contributed by atoms with Crippen molar-refractivity contribution in [3.63, 3.8) is 0 Å². The van der Waals surface area contributed by atoms with Crippen molar-refractivity contribution in [1.82, 2.24) is 5.32 Å². The fourth-order valence-electron chi connectivity index (χ4n) is 2.43. The fourth-order valence-corrected chi connectivity index (χ4v) is 2.91. The molecule has 3 N–H and O–H groups in total. The van der Waals surface area contributed by atoms with Crippen LogP contribution in [0.2, 0.25) is 0 Å². The quantitative estimate of drug-likeness (QED) is 0.374. The minimum absolute atomic E-state index is 0.129. The minimum Gasteiger partial charge on any atom is -0.360 e. The molecule has 1 amide bonds. The molecular formula is C20H21N3O4S. The molecule has 0 heterocycles. The lowest BCUT2D eigenvalue weighted by atomic mass is 10.0. The third-order valence-corrected chi connectivity index (χ3v) is 5.00. The summed E-state index contributed by atoms with van der Waals surface area (Å²) in [5.41, 5.74) is 2.45. The number of nitriles is 1. The number of amides is 1. The third kappa shape index (κ3) is 5.67. The zero-order valence-electron chi connectivity index (χ0n) is 15.5. The molecule has 146 valence electrons. The molecule has 0 bridgehead atoms. The van der Waals surface area contributed by atoms with Gasteiger partial charge in [0.25, 0.3) is 16.0 Å². The fraction of sp³-hybridized carbons (Fsp3) is 0.200. The molecule has 8 heteroatoms. The second-order valence-electron chi connectivity index (χ2n) is 6.10. The SMILES string of the molecule is CCc1ccc(C(C)NC(=O)/C(C#N)=C\Nc2ccc(S(=O)(=O)O)cc2)cc1. The number of rotatable bonds is 7. The first kappa shape index (κ1) is 21.2. The highest BCUT2D eigenvalue weighted by atomic mass is 32.2. The summed E-state index contributed by atoms with van der Waals surface area (Å²) in [5, 5.41) is 14.8. The molecule has 0 fully saturated rings. The predicted molar refractivity (Wildman–Crippen MR) is 106 cm³/mol. The van der Waals surface area contributed by atoms with Gasteiger partial charge in [0.2, 0.25) is 0 Å². The van der Waals surface area contributed by atoms with Gasteiger partial charge >= 0.3 is 0 Å². The van der Waals surface area contributed by atoms with Crippen molar-refractivity contribution in [3.05, 3.63) is 71.4 Å². The summed E-state index contributed by atoms with van der Waals surface area (Å²) < 4.78 is 31.0. The Kier molecular flexibility index (Phi) is 6.93. The number of nitrogens with one attached hydrogen (secondary N) is 2. The Bertz CT molecular complexity index is 1000. The van der Waals surface area contributed by atoms with E-state index >= 15 is 0 Å². The Hall–Kier alpha value is -3.15. The van der Waals surface area contributed by atoms with E-state index in [4.69, 9.17) is 4.55 Å². The molecule has 7 nitrogen and oxygen atoms in total. The average molecular weight is 399 g/mol. The van der Waals surface area contributed by atoms with Crippen LogP contribution >= 0.6 is 0 Å². The summed E-state index contributed by atoms with van der Waals surface area (Å²) in [6.45, 7) is 3.89. The number of anilines is 1. The van der Waals surface area contributed by atoms with Crippen molar-refractivity contribution in [2.24, 2.45) is 0 Å². The number of hydrogen-bond donors (Lipinski definition) is 3. The first-order valence-electron chi connectivity index (χ1n) is 8.58. The van der Waals surface area contributed by atoms with Crippen molar-refractivity contribution in [1.29, 1.82) is 5.26 Å². The van der Waals surface area contributed by atoms with Gasteiger partial charge in [-0.1, -0.05) is 31.2 Å². The highest BCUT2D eigenvalue weighted by Crippen LogP contribution is 2.16. The van der Waals surface area contributed by atoms with Gasteiger partial charge < -0.3 is 10.6 Å². The summed E-state index contributed by atoms with van der Waals surface area (Å²) in [4.78, 5) is 12.1. The molecule has 0 spiro atoms. The summed E-state index contributed by atoms with van der Waals surface area (Å²) in [5.74, 6) is -0.531. The summed E-state index contributed by atoms with van der Waals surface area (Å²) in [7, 11) is -4.27. The molecule has 0 aliphatic rings. The van der Waals surface area contributed by atoms with Crippen LogP contribution in [0, 0.1) is 11.3 Å². The second-order valence-corrected chi connectivity index (χ2v) is 7.53.